The lowest BCUT2D eigenvalue weighted by Crippen LogP contribution is -1.96. The lowest BCUT2D eigenvalue weighted by atomic mass is 9.95. The fraction of sp³-hybridized carbons (Fsp3) is 0.174. The van der Waals surface area contributed by atoms with Gasteiger partial charge in [-0.05, 0) is 34.9 Å². The van der Waals surface area contributed by atoms with Crippen molar-refractivity contribution in [3.8, 4) is 6.07 Å². The van der Waals surface area contributed by atoms with Crippen LogP contribution in [-0.2, 0) is 11.2 Å². The average Bonchev–Trinajstić information content (AvgIpc) is 3.15. The number of aromatic amines is 1. The Morgan fingerprint density at radius 3 is 2.79 bits per heavy atom. The number of nitriles is 1. The molecule has 0 fully saturated rings. The molecule has 5 nitrogen and oxygen atoms in total. The van der Waals surface area contributed by atoms with E-state index in [0.717, 1.165) is 27.3 Å². The van der Waals surface area contributed by atoms with Crippen LogP contribution < -0.4 is 0 Å². The smallest absolute Gasteiger partial charge is 0.303 e. The zero-order chi connectivity index (χ0) is 20.2. The molecule has 144 valence electrons. The highest BCUT2D eigenvalue weighted by molar-refractivity contribution is 7.99. The number of carboxylic acids is 1. The maximum Gasteiger partial charge on any atom is 0.303 e. The molecule has 2 N–H and O–H groups in total. The lowest BCUT2D eigenvalue weighted by Gasteiger charge is -2.09. The predicted molar refractivity (Wildman–Crippen MR) is 115 cm³/mol. The number of rotatable bonds is 7. The van der Waals surface area contributed by atoms with Crippen LogP contribution >= 0.6 is 11.8 Å². The van der Waals surface area contributed by atoms with Crippen molar-refractivity contribution in [3.63, 3.8) is 0 Å². The quantitative estimate of drug-likeness (QED) is 0.331. The van der Waals surface area contributed by atoms with Crippen LogP contribution in [0, 0.1) is 11.3 Å². The first kappa shape index (κ1) is 19.0. The van der Waals surface area contributed by atoms with E-state index in [1.54, 1.807) is 0 Å². The van der Waals surface area contributed by atoms with Gasteiger partial charge in [-0.1, -0.05) is 54.2 Å². The molecule has 0 aliphatic carbocycles. The minimum Gasteiger partial charge on any atom is -0.481 e. The molecular formula is C23H19N3O2S. The highest BCUT2D eigenvalue weighted by Gasteiger charge is 2.14. The first-order chi connectivity index (χ1) is 14.2. The van der Waals surface area contributed by atoms with Gasteiger partial charge in [0.1, 0.15) is 0 Å². The van der Waals surface area contributed by atoms with Gasteiger partial charge in [0, 0.05) is 24.2 Å². The van der Waals surface area contributed by atoms with Gasteiger partial charge >= 0.3 is 5.97 Å². The topological polar surface area (TPSA) is 89.8 Å². The van der Waals surface area contributed by atoms with Crippen molar-refractivity contribution in [2.24, 2.45) is 0 Å². The van der Waals surface area contributed by atoms with Gasteiger partial charge in [-0.15, -0.1) is 0 Å². The minimum absolute atomic E-state index is 0.151. The highest BCUT2D eigenvalue weighted by atomic mass is 32.2. The number of benzene rings is 3. The van der Waals surface area contributed by atoms with Gasteiger partial charge in [-0.3, -0.25) is 4.79 Å². The van der Waals surface area contributed by atoms with Crippen LogP contribution in [0.25, 0.3) is 21.8 Å². The molecule has 0 bridgehead atoms. The van der Waals surface area contributed by atoms with Crippen molar-refractivity contribution in [2.75, 3.05) is 5.75 Å². The van der Waals surface area contributed by atoms with E-state index in [0.29, 0.717) is 24.2 Å². The van der Waals surface area contributed by atoms with Gasteiger partial charge in [0.2, 0.25) is 0 Å². The van der Waals surface area contributed by atoms with Gasteiger partial charge in [-0.2, -0.15) is 5.26 Å². The summed E-state index contributed by atoms with van der Waals surface area (Å²) in [6.07, 6.45) is 1.36. The third kappa shape index (κ3) is 4.10. The number of hydrogen-bond donors (Lipinski definition) is 2. The van der Waals surface area contributed by atoms with Crippen LogP contribution in [0.1, 0.15) is 29.5 Å². The lowest BCUT2D eigenvalue weighted by molar-refractivity contribution is -0.137. The largest absolute Gasteiger partial charge is 0.481 e. The van der Waals surface area contributed by atoms with Gasteiger partial charge in [0.25, 0.3) is 0 Å². The van der Waals surface area contributed by atoms with E-state index in [1.165, 1.54) is 22.5 Å². The molecule has 0 saturated heterocycles. The first-order valence-corrected chi connectivity index (χ1v) is 10.4. The second-order valence-electron chi connectivity index (χ2n) is 6.80. The van der Waals surface area contributed by atoms with Crippen molar-refractivity contribution in [1.29, 1.82) is 5.26 Å². The summed E-state index contributed by atoms with van der Waals surface area (Å²) < 4.78 is 0. The number of carbonyl (C=O) groups is 1. The Morgan fingerprint density at radius 1 is 1.14 bits per heavy atom. The van der Waals surface area contributed by atoms with Crippen molar-refractivity contribution in [3.05, 3.63) is 71.3 Å². The third-order valence-corrected chi connectivity index (χ3v) is 5.84. The number of aromatic nitrogens is 2. The highest BCUT2D eigenvalue weighted by Crippen LogP contribution is 2.29. The molecule has 0 amide bonds. The van der Waals surface area contributed by atoms with Crippen LogP contribution in [-0.4, -0.2) is 26.8 Å². The summed E-state index contributed by atoms with van der Waals surface area (Å²) in [7, 11) is 0. The molecule has 0 radical (unpaired) electrons. The van der Waals surface area contributed by atoms with E-state index in [9.17, 15) is 10.1 Å². The number of imidazole rings is 1. The van der Waals surface area contributed by atoms with E-state index in [-0.39, 0.29) is 6.42 Å². The van der Waals surface area contributed by atoms with Crippen LogP contribution in [0.3, 0.4) is 0 Å². The fourth-order valence-corrected chi connectivity index (χ4v) is 4.31. The second kappa shape index (κ2) is 8.38. The maximum absolute atomic E-state index is 10.7. The Morgan fingerprint density at radius 2 is 1.97 bits per heavy atom. The van der Waals surface area contributed by atoms with Crippen LogP contribution in [0.4, 0.5) is 0 Å². The molecule has 0 aliphatic heterocycles. The molecular weight excluding hydrogens is 382 g/mol. The molecule has 0 aliphatic rings. The predicted octanol–water partition coefficient (Wildman–Crippen LogP) is 5.14. The molecule has 4 rings (SSSR count). The van der Waals surface area contributed by atoms with E-state index in [1.807, 2.05) is 30.3 Å². The molecule has 0 atom stereocenters. The molecule has 0 unspecified atom stereocenters. The minimum atomic E-state index is -0.786. The Kier molecular flexibility index (Phi) is 5.50. The second-order valence-corrected chi connectivity index (χ2v) is 7.89. The van der Waals surface area contributed by atoms with Crippen LogP contribution in [0.15, 0.2) is 59.8 Å². The number of hydrogen-bond acceptors (Lipinski definition) is 4. The van der Waals surface area contributed by atoms with Gasteiger partial charge in [-0.25, -0.2) is 4.98 Å². The molecule has 6 heteroatoms. The summed E-state index contributed by atoms with van der Waals surface area (Å²) in [4.78, 5) is 18.7. The number of nitrogens with one attached hydrogen (secondary N) is 1. The number of aliphatic carboxylic acids is 1. The Balaban J connectivity index is 1.69. The molecule has 29 heavy (non-hydrogen) atoms. The number of carboxylic acid groups (broad SMARTS) is 1. The summed E-state index contributed by atoms with van der Waals surface area (Å²) in [5, 5.41) is 21.5. The third-order valence-electron chi connectivity index (χ3n) is 4.88. The Hall–Kier alpha value is -3.30. The van der Waals surface area contributed by atoms with Gasteiger partial charge < -0.3 is 10.1 Å². The number of fused-ring (bicyclic) bond motifs is 2. The SMILES string of the molecule is N#Cc1ccc2[nH]c(SCCCC(=O)O)nc2c1Cc1cccc2ccccc12. The van der Waals surface area contributed by atoms with Gasteiger partial charge in [0.05, 0.1) is 22.7 Å². The molecule has 0 spiro atoms. The zero-order valence-corrected chi connectivity index (χ0v) is 16.5. The summed E-state index contributed by atoms with van der Waals surface area (Å²) >= 11 is 1.51. The molecule has 3 aromatic carbocycles. The average molecular weight is 401 g/mol. The van der Waals surface area contributed by atoms with Crippen molar-refractivity contribution in [1.82, 2.24) is 9.97 Å². The summed E-state index contributed by atoms with van der Waals surface area (Å²) in [6.45, 7) is 0. The van der Waals surface area contributed by atoms with Crippen LogP contribution in [0.5, 0.6) is 0 Å². The number of nitrogens with zero attached hydrogens (tertiary/aromatic N) is 2. The Bertz CT molecular complexity index is 1230. The standard InChI is InChI=1S/C23H19N3O2S/c24-14-17-10-11-20-22(26-23(25-20)29-12-4-9-21(27)28)19(17)13-16-7-3-6-15-5-1-2-8-18(15)16/h1-3,5-8,10-11H,4,9,12-13H2,(H,25,26)(H,27,28). The van der Waals surface area contributed by atoms with E-state index >= 15 is 0 Å². The van der Waals surface area contributed by atoms with Crippen LogP contribution in [0.2, 0.25) is 0 Å². The van der Waals surface area contributed by atoms with Crippen molar-refractivity contribution < 1.29 is 9.90 Å². The van der Waals surface area contributed by atoms with Gasteiger partial charge in [0.15, 0.2) is 5.16 Å². The summed E-state index contributed by atoms with van der Waals surface area (Å²) in [5.74, 6) is -0.109. The first-order valence-electron chi connectivity index (χ1n) is 9.38. The molecule has 1 aromatic heterocycles. The van der Waals surface area contributed by atoms with Crippen molar-refractivity contribution in [2.45, 2.75) is 24.4 Å². The molecule has 4 aromatic rings. The summed E-state index contributed by atoms with van der Waals surface area (Å²) in [5.41, 5.74) is 4.39. The normalized spacial score (nSPS) is 11.0. The Labute approximate surface area is 172 Å². The van der Waals surface area contributed by atoms with E-state index < -0.39 is 5.97 Å². The maximum atomic E-state index is 10.7. The monoisotopic (exact) mass is 401 g/mol. The molecule has 0 saturated carbocycles. The fourth-order valence-electron chi connectivity index (χ4n) is 3.49. The van der Waals surface area contributed by atoms with E-state index in [2.05, 4.69) is 35.3 Å². The zero-order valence-electron chi connectivity index (χ0n) is 15.7. The molecule has 1 heterocycles. The number of thioether (sulfide) groups is 1. The summed E-state index contributed by atoms with van der Waals surface area (Å²) in [6, 6.07) is 20.5. The number of H-pyrrole nitrogens is 1. The van der Waals surface area contributed by atoms with Crippen molar-refractivity contribution >= 4 is 39.5 Å². The van der Waals surface area contributed by atoms with E-state index in [4.69, 9.17) is 10.1 Å².